The van der Waals surface area contributed by atoms with Gasteiger partial charge in [0.15, 0.2) is 0 Å². The van der Waals surface area contributed by atoms with Gasteiger partial charge >= 0.3 is 0 Å². The van der Waals surface area contributed by atoms with Crippen molar-refractivity contribution >= 4 is 10.8 Å². The number of hydrogen-bond donors (Lipinski definition) is 2. The van der Waals surface area contributed by atoms with Gasteiger partial charge in [-0.25, -0.2) is 0 Å². The average Bonchev–Trinajstić information content (AvgIpc) is 2.47. The van der Waals surface area contributed by atoms with Gasteiger partial charge < -0.3 is 4.74 Å². The molecular weight excluding hydrogens is 248 g/mol. The summed E-state index contributed by atoms with van der Waals surface area (Å²) in [5.41, 5.74) is 4.29. The molecule has 0 bridgehead atoms. The maximum Gasteiger partial charge on any atom is 0.0488 e. The minimum Gasteiger partial charge on any atom is -0.384 e. The Morgan fingerprint density at radius 1 is 1.15 bits per heavy atom. The Morgan fingerprint density at radius 3 is 2.65 bits per heavy atom. The van der Waals surface area contributed by atoms with Crippen LogP contribution >= 0.6 is 0 Å². The molecule has 3 heteroatoms. The summed E-state index contributed by atoms with van der Waals surface area (Å²) in [6.07, 6.45) is 1.94. The third-order valence-corrected chi connectivity index (χ3v) is 3.72. The van der Waals surface area contributed by atoms with Crippen LogP contribution in [0, 0.1) is 5.92 Å². The zero-order chi connectivity index (χ0) is 14.4. The number of hydrogen-bond acceptors (Lipinski definition) is 3. The van der Waals surface area contributed by atoms with E-state index in [1.165, 1.54) is 16.3 Å². The fourth-order valence-electron chi connectivity index (χ4n) is 2.78. The van der Waals surface area contributed by atoms with E-state index in [2.05, 4.69) is 54.8 Å². The van der Waals surface area contributed by atoms with Gasteiger partial charge in [0.1, 0.15) is 0 Å². The number of nitrogens with two attached hydrogens (primary N) is 1. The van der Waals surface area contributed by atoms with E-state index < -0.39 is 0 Å². The number of rotatable bonds is 7. The summed E-state index contributed by atoms with van der Waals surface area (Å²) in [4.78, 5) is 0. The lowest BCUT2D eigenvalue weighted by molar-refractivity contribution is 0.149. The van der Waals surface area contributed by atoms with Gasteiger partial charge in [0.25, 0.3) is 0 Å². The average molecular weight is 272 g/mol. The Kier molecular flexibility index (Phi) is 5.53. The highest BCUT2D eigenvalue weighted by molar-refractivity contribution is 5.85. The Bertz CT molecular complexity index is 536. The highest BCUT2D eigenvalue weighted by Gasteiger charge is 2.13. The van der Waals surface area contributed by atoms with Crippen LogP contribution in [0.1, 0.15) is 18.9 Å². The number of ether oxygens (including phenoxy) is 1. The van der Waals surface area contributed by atoms with Crippen molar-refractivity contribution in [3.8, 4) is 0 Å². The SMILES string of the molecule is COCC(C)CC(Cc1cccc2ccccc12)NN. The van der Waals surface area contributed by atoms with Crippen LogP contribution in [0.2, 0.25) is 0 Å². The minimum absolute atomic E-state index is 0.269. The van der Waals surface area contributed by atoms with Crippen LogP contribution in [0.3, 0.4) is 0 Å². The molecule has 3 N–H and O–H groups in total. The van der Waals surface area contributed by atoms with Crippen LogP contribution in [-0.2, 0) is 11.2 Å². The van der Waals surface area contributed by atoms with Crippen molar-refractivity contribution < 1.29 is 4.74 Å². The normalized spacial score (nSPS) is 14.3. The molecule has 0 aromatic heterocycles. The largest absolute Gasteiger partial charge is 0.384 e. The van der Waals surface area contributed by atoms with E-state index in [1.807, 2.05) is 0 Å². The first-order chi connectivity index (χ1) is 9.74. The molecule has 3 nitrogen and oxygen atoms in total. The highest BCUT2D eigenvalue weighted by Crippen LogP contribution is 2.21. The number of fused-ring (bicyclic) bond motifs is 1. The second-order valence-electron chi connectivity index (χ2n) is 5.50. The molecule has 2 aromatic rings. The first kappa shape index (κ1) is 15.0. The molecule has 0 spiro atoms. The van der Waals surface area contributed by atoms with Crippen molar-refractivity contribution in [2.75, 3.05) is 13.7 Å². The van der Waals surface area contributed by atoms with E-state index in [1.54, 1.807) is 7.11 Å². The van der Waals surface area contributed by atoms with Gasteiger partial charge in [-0.1, -0.05) is 49.4 Å². The third kappa shape index (κ3) is 3.79. The summed E-state index contributed by atoms with van der Waals surface area (Å²) in [6, 6.07) is 15.2. The molecule has 2 unspecified atom stereocenters. The molecule has 0 saturated carbocycles. The lowest BCUT2D eigenvalue weighted by atomic mass is 9.94. The van der Waals surface area contributed by atoms with Crippen molar-refractivity contribution in [1.82, 2.24) is 5.43 Å². The van der Waals surface area contributed by atoms with Crippen LogP contribution < -0.4 is 11.3 Å². The van der Waals surface area contributed by atoms with E-state index in [0.717, 1.165) is 19.4 Å². The van der Waals surface area contributed by atoms with Crippen molar-refractivity contribution in [2.45, 2.75) is 25.8 Å². The second kappa shape index (κ2) is 7.39. The molecule has 0 aliphatic heterocycles. The number of methoxy groups -OCH3 is 1. The van der Waals surface area contributed by atoms with Gasteiger partial charge in [0, 0.05) is 19.8 Å². The quantitative estimate of drug-likeness (QED) is 0.602. The van der Waals surface area contributed by atoms with E-state index >= 15 is 0 Å². The van der Waals surface area contributed by atoms with Crippen LogP contribution in [0.15, 0.2) is 42.5 Å². The lowest BCUT2D eigenvalue weighted by Crippen LogP contribution is -2.38. The number of nitrogens with one attached hydrogen (secondary N) is 1. The fourth-order valence-corrected chi connectivity index (χ4v) is 2.78. The van der Waals surface area contributed by atoms with Gasteiger partial charge in [-0.15, -0.1) is 0 Å². The lowest BCUT2D eigenvalue weighted by Gasteiger charge is -2.20. The molecule has 2 aromatic carbocycles. The monoisotopic (exact) mass is 272 g/mol. The number of benzene rings is 2. The molecule has 0 saturated heterocycles. The summed E-state index contributed by atoms with van der Waals surface area (Å²) < 4.78 is 5.20. The van der Waals surface area contributed by atoms with E-state index in [4.69, 9.17) is 10.6 Å². The third-order valence-electron chi connectivity index (χ3n) is 3.72. The first-order valence-corrected chi connectivity index (χ1v) is 7.16. The van der Waals surface area contributed by atoms with Crippen molar-refractivity contribution in [3.63, 3.8) is 0 Å². The Labute approximate surface area is 121 Å². The van der Waals surface area contributed by atoms with Crippen LogP contribution in [0.5, 0.6) is 0 Å². The van der Waals surface area contributed by atoms with Gasteiger partial charge in [-0.2, -0.15) is 0 Å². The molecule has 0 amide bonds. The summed E-state index contributed by atoms with van der Waals surface area (Å²) in [5.74, 6) is 6.21. The molecule has 0 aliphatic rings. The predicted octanol–water partition coefficient (Wildman–Crippen LogP) is 2.89. The second-order valence-corrected chi connectivity index (χ2v) is 5.50. The molecule has 20 heavy (non-hydrogen) atoms. The van der Waals surface area contributed by atoms with Crippen molar-refractivity contribution in [3.05, 3.63) is 48.0 Å². The maximum atomic E-state index is 5.72. The molecule has 108 valence electrons. The smallest absolute Gasteiger partial charge is 0.0488 e. The van der Waals surface area contributed by atoms with Crippen LogP contribution in [-0.4, -0.2) is 19.8 Å². The number of hydrazine groups is 1. The highest BCUT2D eigenvalue weighted by atomic mass is 16.5. The molecule has 0 fully saturated rings. The topological polar surface area (TPSA) is 47.3 Å². The maximum absolute atomic E-state index is 5.72. The molecule has 0 aliphatic carbocycles. The molecule has 0 heterocycles. The Balaban J connectivity index is 2.13. The molecular formula is C17H24N2O. The zero-order valence-electron chi connectivity index (χ0n) is 12.3. The van der Waals surface area contributed by atoms with Crippen LogP contribution in [0.4, 0.5) is 0 Å². The summed E-state index contributed by atoms with van der Waals surface area (Å²) in [7, 11) is 1.74. The molecule has 2 atom stereocenters. The van der Waals surface area contributed by atoms with Crippen LogP contribution in [0.25, 0.3) is 10.8 Å². The first-order valence-electron chi connectivity index (χ1n) is 7.16. The Morgan fingerprint density at radius 2 is 1.90 bits per heavy atom. The summed E-state index contributed by atoms with van der Waals surface area (Å²) in [6.45, 7) is 2.96. The van der Waals surface area contributed by atoms with E-state index in [0.29, 0.717) is 5.92 Å². The standard InChI is InChI=1S/C17H24N2O/c1-13(12-20-2)10-16(19-18)11-15-8-5-7-14-6-3-4-9-17(14)15/h3-9,13,16,19H,10-12,18H2,1-2H3. The molecule has 0 radical (unpaired) electrons. The van der Waals surface area contributed by atoms with E-state index in [-0.39, 0.29) is 6.04 Å². The summed E-state index contributed by atoms with van der Waals surface area (Å²) >= 11 is 0. The van der Waals surface area contributed by atoms with Gasteiger partial charge in [-0.3, -0.25) is 11.3 Å². The van der Waals surface area contributed by atoms with Gasteiger partial charge in [0.05, 0.1) is 0 Å². The fraction of sp³-hybridized carbons (Fsp3) is 0.412. The minimum atomic E-state index is 0.269. The summed E-state index contributed by atoms with van der Waals surface area (Å²) in [5, 5.41) is 2.60. The van der Waals surface area contributed by atoms with E-state index in [9.17, 15) is 0 Å². The zero-order valence-corrected chi connectivity index (χ0v) is 12.3. The van der Waals surface area contributed by atoms with Crippen molar-refractivity contribution in [2.24, 2.45) is 11.8 Å². The van der Waals surface area contributed by atoms with Gasteiger partial charge in [-0.05, 0) is 35.1 Å². The molecule has 2 rings (SSSR count). The van der Waals surface area contributed by atoms with Gasteiger partial charge in [0.2, 0.25) is 0 Å². The van der Waals surface area contributed by atoms with Crippen molar-refractivity contribution in [1.29, 1.82) is 0 Å². The predicted molar refractivity (Wildman–Crippen MR) is 84.4 cm³/mol. The Hall–Kier alpha value is -1.42.